The summed E-state index contributed by atoms with van der Waals surface area (Å²) in [6.45, 7) is 4.10. The fourth-order valence-corrected chi connectivity index (χ4v) is 12.4. The number of hydrogen-bond acceptors (Lipinski definition) is 14. The van der Waals surface area contributed by atoms with Gasteiger partial charge in [0.1, 0.15) is 41.9 Å². The number of benzene rings is 5. The summed E-state index contributed by atoms with van der Waals surface area (Å²) in [4.78, 5) is 47.6. The molecule has 4 heterocycles. The minimum atomic E-state index is -1.42. The zero-order valence-corrected chi connectivity index (χ0v) is 47.9. The number of fused-ring (bicyclic) bond motifs is 2. The molecule has 16 nitrogen and oxygen atoms in total. The molecule has 0 bridgehead atoms. The van der Waals surface area contributed by atoms with Crippen molar-refractivity contribution in [3.05, 3.63) is 184 Å². The van der Waals surface area contributed by atoms with Crippen LogP contribution in [0.1, 0.15) is 141 Å². The Balaban J connectivity index is 0.993. The lowest BCUT2D eigenvalue weighted by atomic mass is 9.93. The van der Waals surface area contributed by atoms with E-state index in [0.717, 1.165) is 40.2 Å². The summed E-state index contributed by atoms with van der Waals surface area (Å²) >= 11 is 1.38. The maximum absolute atomic E-state index is 14.6. The number of imide groups is 1. The summed E-state index contributed by atoms with van der Waals surface area (Å²) in [5, 5.41) is 4.40. The summed E-state index contributed by atoms with van der Waals surface area (Å²) in [5.41, 5.74) is 12.5. The first-order valence-corrected chi connectivity index (χ1v) is 30.2. The van der Waals surface area contributed by atoms with Gasteiger partial charge in [-0.1, -0.05) is 216 Å². The number of carbonyl (C=O) groups is 3. The Hall–Kier alpha value is -5.95. The quantitative estimate of drug-likeness (QED) is 0.0102. The van der Waals surface area contributed by atoms with E-state index in [1.807, 2.05) is 109 Å². The first kappa shape index (κ1) is 60.6. The minimum absolute atomic E-state index is 0.00566. The largest absolute Gasteiger partial charge is 0.457 e. The number of amides is 2. The number of ether oxygens (including phenoxy) is 9. The Labute approximate surface area is 486 Å². The van der Waals surface area contributed by atoms with E-state index in [4.69, 9.17) is 42.6 Å². The second-order valence-corrected chi connectivity index (χ2v) is 22.6. The Kier molecular flexibility index (Phi) is 23.4. The van der Waals surface area contributed by atoms with Gasteiger partial charge in [-0.15, -0.1) is 0 Å². The van der Waals surface area contributed by atoms with Crippen molar-refractivity contribution in [1.82, 2.24) is 4.90 Å². The highest BCUT2D eigenvalue weighted by molar-refractivity contribution is 7.99. The third-order valence-corrected chi connectivity index (χ3v) is 16.7. The van der Waals surface area contributed by atoms with E-state index in [0.29, 0.717) is 18.6 Å². The van der Waals surface area contributed by atoms with Crippen LogP contribution in [0.25, 0.3) is 10.4 Å². The maximum Gasteiger partial charge on any atom is 0.303 e. The predicted molar refractivity (Wildman–Crippen MR) is 310 cm³/mol. The summed E-state index contributed by atoms with van der Waals surface area (Å²) < 4.78 is 60.3. The van der Waals surface area contributed by atoms with Crippen molar-refractivity contribution in [3.8, 4) is 0 Å². The van der Waals surface area contributed by atoms with Crippen LogP contribution in [0.2, 0.25) is 0 Å². The molecule has 0 N–H and O–H groups in total. The first-order chi connectivity index (χ1) is 40.3. The summed E-state index contributed by atoms with van der Waals surface area (Å²) in [6.07, 6.45) is 6.76. The van der Waals surface area contributed by atoms with Crippen molar-refractivity contribution in [2.75, 3.05) is 19.8 Å². The standard InChI is InChI=1S/C65H78N4O12S/c1-3-4-5-6-7-8-9-10-11-12-23-34-49(74-41-46-28-17-13-18-29-46)39-40-73-59-55(67-68-66)65(82-50-35-24-16-25-36-50)80-53(57(59)75-42-47-30-19-14-20-31-47)43-77-64-56(69-61(71)51-37-26-27-38-52(51)62(69)72)60(78-45(2)70)58-54(79-64)44-76-63(81-58)48-32-21-15-22-33-48/h13-22,24-33,35-38,49,53-60,63-65H,3-12,23,34,39-44H2,1-2H3/t49-,53-,54-,55-,56-,57-,58-,59-,60-,63-,64-,65+/m1/s1. The number of rotatable bonds is 31. The molecule has 0 saturated carbocycles. The van der Waals surface area contributed by atoms with Crippen LogP contribution in [0.15, 0.2) is 156 Å². The smallest absolute Gasteiger partial charge is 0.303 e. The maximum atomic E-state index is 14.6. The van der Waals surface area contributed by atoms with Crippen molar-refractivity contribution in [1.29, 1.82) is 0 Å². The number of nitrogens with zero attached hydrogens (tertiary/aromatic N) is 4. The normalized spacial score (nSPS) is 25.4. The molecule has 9 rings (SSSR count). The molecule has 4 aliphatic rings. The summed E-state index contributed by atoms with van der Waals surface area (Å²) in [7, 11) is 0. The third-order valence-electron chi connectivity index (χ3n) is 15.5. The van der Waals surface area contributed by atoms with Gasteiger partial charge in [0.2, 0.25) is 0 Å². The van der Waals surface area contributed by atoms with Gasteiger partial charge >= 0.3 is 5.97 Å². The summed E-state index contributed by atoms with van der Waals surface area (Å²) in [6, 6.07) is 43.1. The Bertz CT molecular complexity index is 2760. The first-order valence-electron chi connectivity index (χ1n) is 29.4. The van der Waals surface area contributed by atoms with Crippen LogP contribution in [0.4, 0.5) is 0 Å². The molecule has 2 amide bonds. The van der Waals surface area contributed by atoms with Crippen LogP contribution in [-0.4, -0.2) is 109 Å². The van der Waals surface area contributed by atoms with E-state index in [-0.39, 0.29) is 43.7 Å². The number of esters is 1. The van der Waals surface area contributed by atoms with Crippen LogP contribution in [0, 0.1) is 0 Å². The zero-order valence-electron chi connectivity index (χ0n) is 47.1. The van der Waals surface area contributed by atoms with Crippen molar-refractivity contribution in [2.24, 2.45) is 5.11 Å². The van der Waals surface area contributed by atoms with Gasteiger partial charge in [-0.25, -0.2) is 0 Å². The second-order valence-electron chi connectivity index (χ2n) is 21.4. The van der Waals surface area contributed by atoms with E-state index in [1.54, 1.807) is 24.3 Å². The molecule has 5 aromatic rings. The van der Waals surface area contributed by atoms with Crippen molar-refractivity contribution in [3.63, 3.8) is 0 Å². The number of thioether (sulfide) groups is 1. The number of azide groups is 1. The highest BCUT2D eigenvalue weighted by Gasteiger charge is 2.58. The van der Waals surface area contributed by atoms with Gasteiger partial charge < -0.3 is 42.6 Å². The van der Waals surface area contributed by atoms with Gasteiger partial charge in [0.05, 0.1) is 49.8 Å². The molecule has 436 valence electrons. The Morgan fingerprint density at radius 1 is 0.671 bits per heavy atom. The minimum Gasteiger partial charge on any atom is -0.457 e. The molecular formula is C65H78N4O12S. The number of unbranched alkanes of at least 4 members (excludes halogenated alkanes) is 10. The molecule has 5 aromatic carbocycles. The van der Waals surface area contributed by atoms with Crippen LogP contribution in [-0.2, 0) is 60.6 Å². The van der Waals surface area contributed by atoms with Crippen LogP contribution in [0.3, 0.4) is 0 Å². The molecule has 0 spiro atoms. The number of hydrogen-bond donors (Lipinski definition) is 0. The predicted octanol–water partition coefficient (Wildman–Crippen LogP) is 13.3. The van der Waals surface area contributed by atoms with E-state index in [1.165, 1.54) is 76.5 Å². The van der Waals surface area contributed by atoms with Gasteiger partial charge in [-0.05, 0) is 53.8 Å². The van der Waals surface area contributed by atoms with Gasteiger partial charge in [0, 0.05) is 28.9 Å². The molecular weight excluding hydrogens is 1060 g/mol. The Morgan fingerprint density at radius 2 is 1.26 bits per heavy atom. The monoisotopic (exact) mass is 1140 g/mol. The van der Waals surface area contributed by atoms with Crippen molar-refractivity contribution in [2.45, 2.75) is 188 Å². The number of carbonyl (C=O) groups excluding carboxylic acids is 3. The molecule has 0 unspecified atom stereocenters. The van der Waals surface area contributed by atoms with E-state index < -0.39 is 84.5 Å². The molecule has 4 aliphatic heterocycles. The van der Waals surface area contributed by atoms with E-state index in [9.17, 15) is 19.9 Å². The lowest BCUT2D eigenvalue weighted by Crippen LogP contribution is -2.69. The van der Waals surface area contributed by atoms with Crippen LogP contribution < -0.4 is 0 Å². The molecule has 12 atom stereocenters. The lowest BCUT2D eigenvalue weighted by molar-refractivity contribution is -0.353. The molecule has 0 aliphatic carbocycles. The molecule has 0 radical (unpaired) electrons. The highest BCUT2D eigenvalue weighted by Crippen LogP contribution is 2.42. The fourth-order valence-electron chi connectivity index (χ4n) is 11.3. The van der Waals surface area contributed by atoms with E-state index in [2.05, 4.69) is 29.1 Å². The molecule has 0 aromatic heterocycles. The van der Waals surface area contributed by atoms with Crippen molar-refractivity contribution < 1.29 is 57.0 Å². The highest BCUT2D eigenvalue weighted by atomic mass is 32.2. The molecule has 82 heavy (non-hydrogen) atoms. The van der Waals surface area contributed by atoms with Gasteiger partial charge in [0.15, 0.2) is 18.7 Å². The zero-order chi connectivity index (χ0) is 56.9. The molecule has 3 fully saturated rings. The van der Waals surface area contributed by atoms with E-state index >= 15 is 0 Å². The SMILES string of the molecule is CCCCCCCCCCCCC[C@H](CCO[C@@H]1[C@@H](N=[N+]=[N-])[C@H](Sc2ccccc2)O[C@H](CO[C@@H]2O[C@@H]3CO[C@@H](c4ccccc4)O[C@H]3[C@H](OC(C)=O)[C@H]2N2C(=O)c3ccccc3C2=O)[C@H]1OCc1ccccc1)OCc1ccccc1. The fraction of sp³-hybridized carbons (Fsp3) is 0.492. The summed E-state index contributed by atoms with van der Waals surface area (Å²) in [5.74, 6) is -1.89. The average Bonchev–Trinajstić information content (AvgIpc) is 3.95. The topological polar surface area (TPSA) is 186 Å². The molecule has 3 saturated heterocycles. The van der Waals surface area contributed by atoms with Crippen molar-refractivity contribution >= 4 is 29.5 Å². The third kappa shape index (κ3) is 16.4. The average molecular weight is 1140 g/mol. The van der Waals surface area contributed by atoms with Crippen LogP contribution >= 0.6 is 11.8 Å². The van der Waals surface area contributed by atoms with Gasteiger partial charge in [-0.3, -0.25) is 19.3 Å². The van der Waals surface area contributed by atoms with Gasteiger partial charge in [0.25, 0.3) is 11.8 Å². The second kappa shape index (κ2) is 31.6. The molecule has 17 heteroatoms. The lowest BCUT2D eigenvalue weighted by Gasteiger charge is -2.51. The Morgan fingerprint density at radius 3 is 1.88 bits per heavy atom. The van der Waals surface area contributed by atoms with Crippen LogP contribution in [0.5, 0.6) is 0 Å². The van der Waals surface area contributed by atoms with Gasteiger partial charge in [-0.2, -0.15) is 0 Å².